The minimum atomic E-state index is -3.76. The Bertz CT molecular complexity index is 1180. The first-order chi connectivity index (χ1) is 15.8. The number of carbonyl (C=O) groups is 2. The van der Waals surface area contributed by atoms with Crippen molar-refractivity contribution in [1.29, 1.82) is 0 Å². The van der Waals surface area contributed by atoms with E-state index in [1.807, 2.05) is 0 Å². The zero-order valence-corrected chi connectivity index (χ0v) is 19.9. The summed E-state index contributed by atoms with van der Waals surface area (Å²) in [5.74, 6) is -0.279. The van der Waals surface area contributed by atoms with Crippen molar-refractivity contribution in [2.24, 2.45) is 0 Å². The summed E-state index contributed by atoms with van der Waals surface area (Å²) in [5, 5.41) is 3.19. The van der Waals surface area contributed by atoms with Gasteiger partial charge in [0.15, 0.2) is 0 Å². The number of sulfonamides is 1. The summed E-state index contributed by atoms with van der Waals surface area (Å²) >= 11 is 6.13. The molecule has 1 N–H and O–H groups in total. The van der Waals surface area contributed by atoms with E-state index in [1.54, 1.807) is 42.2 Å². The van der Waals surface area contributed by atoms with E-state index in [4.69, 9.17) is 16.3 Å². The Labute approximate surface area is 198 Å². The van der Waals surface area contributed by atoms with Crippen LogP contribution in [-0.4, -0.2) is 50.8 Å². The highest BCUT2D eigenvalue weighted by atomic mass is 35.5. The van der Waals surface area contributed by atoms with Crippen LogP contribution in [0.1, 0.15) is 43.0 Å². The molecule has 2 aliphatic rings. The molecule has 2 saturated heterocycles. The number of benzene rings is 2. The molecule has 2 aliphatic heterocycles. The molecule has 0 aliphatic carbocycles. The van der Waals surface area contributed by atoms with Crippen LogP contribution in [-0.2, 0) is 14.8 Å². The molecule has 2 fully saturated rings. The van der Waals surface area contributed by atoms with Crippen molar-refractivity contribution in [3.05, 3.63) is 47.0 Å². The van der Waals surface area contributed by atoms with Crippen LogP contribution in [0, 0.1) is 0 Å². The lowest BCUT2D eigenvalue weighted by Gasteiger charge is -2.21. The predicted molar refractivity (Wildman–Crippen MR) is 127 cm³/mol. The minimum absolute atomic E-state index is 0.0232. The maximum atomic E-state index is 13.2. The standard InChI is InChI=1S/C23H26ClN3O5S/c1-2-32-20-10-8-17(15-21(20)33(30,31)26-11-3-4-12-26)25-23(29)18-9-7-16(24)14-19(18)27-13-5-6-22(27)28/h7-10,14-15H,2-6,11-13H2,1H3,(H,25,29). The first kappa shape index (κ1) is 23.5. The molecule has 4 rings (SSSR count). The van der Waals surface area contributed by atoms with E-state index in [0.717, 1.165) is 12.8 Å². The molecule has 2 amide bonds. The van der Waals surface area contributed by atoms with E-state index in [1.165, 1.54) is 10.4 Å². The molecule has 10 heteroatoms. The largest absolute Gasteiger partial charge is 0.492 e. The zero-order chi connectivity index (χ0) is 23.6. The van der Waals surface area contributed by atoms with Gasteiger partial charge in [0.2, 0.25) is 15.9 Å². The third kappa shape index (κ3) is 4.85. The first-order valence-electron chi connectivity index (χ1n) is 11.0. The highest BCUT2D eigenvalue weighted by Crippen LogP contribution is 2.33. The highest BCUT2D eigenvalue weighted by Gasteiger charge is 2.31. The molecule has 176 valence electrons. The van der Waals surface area contributed by atoms with Crippen molar-refractivity contribution < 1.29 is 22.7 Å². The van der Waals surface area contributed by atoms with Crippen LogP contribution in [0.3, 0.4) is 0 Å². The second-order valence-corrected chi connectivity index (χ2v) is 10.3. The number of carbonyl (C=O) groups excluding carboxylic acids is 2. The number of hydrogen-bond acceptors (Lipinski definition) is 5. The lowest BCUT2D eigenvalue weighted by Crippen LogP contribution is -2.28. The monoisotopic (exact) mass is 491 g/mol. The third-order valence-electron chi connectivity index (χ3n) is 5.75. The van der Waals surface area contributed by atoms with Gasteiger partial charge in [-0.1, -0.05) is 11.6 Å². The fourth-order valence-corrected chi connectivity index (χ4v) is 5.99. The maximum absolute atomic E-state index is 13.2. The van der Waals surface area contributed by atoms with Crippen molar-refractivity contribution in [3.8, 4) is 5.75 Å². The first-order valence-corrected chi connectivity index (χ1v) is 12.8. The van der Waals surface area contributed by atoms with Crippen LogP contribution in [0.25, 0.3) is 0 Å². The third-order valence-corrected chi connectivity index (χ3v) is 7.91. The van der Waals surface area contributed by atoms with Gasteiger partial charge < -0.3 is 15.0 Å². The van der Waals surface area contributed by atoms with Crippen molar-refractivity contribution in [2.45, 2.75) is 37.5 Å². The average Bonchev–Trinajstić information content (AvgIpc) is 3.47. The SMILES string of the molecule is CCOc1ccc(NC(=O)c2ccc(Cl)cc2N2CCCC2=O)cc1S(=O)(=O)N1CCCC1. The highest BCUT2D eigenvalue weighted by molar-refractivity contribution is 7.89. The smallest absolute Gasteiger partial charge is 0.257 e. The van der Waals surface area contributed by atoms with Crippen molar-refractivity contribution in [2.75, 3.05) is 36.5 Å². The number of halogens is 1. The van der Waals surface area contributed by atoms with Crippen LogP contribution in [0.15, 0.2) is 41.3 Å². The Morgan fingerprint density at radius 1 is 1.09 bits per heavy atom. The summed E-state index contributed by atoms with van der Waals surface area (Å²) in [6, 6.07) is 9.32. The van der Waals surface area contributed by atoms with Crippen molar-refractivity contribution >= 4 is 44.8 Å². The molecule has 33 heavy (non-hydrogen) atoms. The Morgan fingerprint density at radius 2 is 1.85 bits per heavy atom. The van der Waals surface area contributed by atoms with Gasteiger partial charge in [0.05, 0.1) is 17.9 Å². The summed E-state index contributed by atoms with van der Waals surface area (Å²) in [4.78, 5) is 27.0. The second kappa shape index (κ2) is 9.70. The number of hydrogen-bond donors (Lipinski definition) is 1. The quantitative estimate of drug-likeness (QED) is 0.633. The van der Waals surface area contributed by atoms with Gasteiger partial charge in [0, 0.05) is 36.8 Å². The fraction of sp³-hybridized carbons (Fsp3) is 0.391. The molecule has 0 radical (unpaired) electrons. The van der Waals surface area contributed by atoms with Crippen LogP contribution in [0.5, 0.6) is 5.75 Å². The van der Waals surface area contributed by atoms with E-state index in [-0.39, 0.29) is 22.1 Å². The normalized spacial score (nSPS) is 16.9. The number of nitrogens with one attached hydrogen (secondary N) is 1. The predicted octanol–water partition coefficient (Wildman–Crippen LogP) is 3.90. The summed E-state index contributed by atoms with van der Waals surface area (Å²) in [6.07, 6.45) is 2.76. The molecule has 0 aromatic heterocycles. The lowest BCUT2D eigenvalue weighted by molar-refractivity contribution is -0.117. The van der Waals surface area contributed by atoms with Gasteiger partial charge in [-0.3, -0.25) is 9.59 Å². The molecule has 2 heterocycles. The number of nitrogens with zero attached hydrogens (tertiary/aromatic N) is 2. The molecule has 2 aromatic carbocycles. The van der Waals surface area contributed by atoms with Crippen LogP contribution < -0.4 is 15.0 Å². The molecule has 0 spiro atoms. The molecule has 2 aromatic rings. The van der Waals surface area contributed by atoms with Crippen molar-refractivity contribution in [3.63, 3.8) is 0 Å². The molecule has 0 atom stereocenters. The van der Waals surface area contributed by atoms with Gasteiger partial charge in [0.25, 0.3) is 5.91 Å². The van der Waals surface area contributed by atoms with Gasteiger partial charge in [-0.25, -0.2) is 8.42 Å². The van der Waals surface area contributed by atoms with E-state index in [9.17, 15) is 18.0 Å². The molecule has 8 nitrogen and oxygen atoms in total. The second-order valence-electron chi connectivity index (χ2n) is 7.97. The molecular formula is C23H26ClN3O5S. The van der Waals surface area contributed by atoms with Gasteiger partial charge >= 0.3 is 0 Å². The molecule has 0 saturated carbocycles. The number of rotatable bonds is 7. The molecule has 0 unspecified atom stereocenters. The van der Waals surface area contributed by atoms with E-state index in [2.05, 4.69) is 5.32 Å². The molecule has 0 bridgehead atoms. The fourth-order valence-electron chi connectivity index (χ4n) is 4.15. The Morgan fingerprint density at radius 3 is 2.52 bits per heavy atom. The van der Waals surface area contributed by atoms with Crippen LogP contribution in [0.4, 0.5) is 11.4 Å². The Balaban J connectivity index is 1.66. The van der Waals surface area contributed by atoms with Crippen LogP contribution >= 0.6 is 11.6 Å². The molecular weight excluding hydrogens is 466 g/mol. The minimum Gasteiger partial charge on any atom is -0.492 e. The van der Waals surface area contributed by atoms with E-state index in [0.29, 0.717) is 55.5 Å². The van der Waals surface area contributed by atoms with Gasteiger partial charge in [-0.05, 0) is 62.6 Å². The summed E-state index contributed by atoms with van der Waals surface area (Å²) < 4.78 is 33.4. The average molecular weight is 492 g/mol. The Hall–Kier alpha value is -2.62. The topological polar surface area (TPSA) is 96.0 Å². The van der Waals surface area contributed by atoms with Gasteiger partial charge in [-0.2, -0.15) is 4.31 Å². The van der Waals surface area contributed by atoms with Gasteiger partial charge in [-0.15, -0.1) is 0 Å². The van der Waals surface area contributed by atoms with E-state index >= 15 is 0 Å². The Kier molecular flexibility index (Phi) is 6.92. The van der Waals surface area contributed by atoms with E-state index < -0.39 is 15.9 Å². The summed E-state index contributed by atoms with van der Waals surface area (Å²) in [5.41, 5.74) is 1.04. The maximum Gasteiger partial charge on any atom is 0.257 e. The summed E-state index contributed by atoms with van der Waals surface area (Å²) in [6.45, 7) is 3.53. The van der Waals surface area contributed by atoms with Crippen molar-refractivity contribution in [1.82, 2.24) is 4.31 Å². The number of amides is 2. The lowest BCUT2D eigenvalue weighted by atomic mass is 10.1. The number of anilines is 2. The number of ether oxygens (including phenoxy) is 1. The zero-order valence-electron chi connectivity index (χ0n) is 18.3. The summed E-state index contributed by atoms with van der Waals surface area (Å²) in [7, 11) is -3.76. The van der Waals surface area contributed by atoms with Crippen LogP contribution in [0.2, 0.25) is 5.02 Å². The van der Waals surface area contributed by atoms with Gasteiger partial charge in [0.1, 0.15) is 10.6 Å².